The molecule has 2 N–H and O–H groups in total. The highest BCUT2D eigenvalue weighted by Gasteiger charge is 2.37. The van der Waals surface area contributed by atoms with Gasteiger partial charge in [-0.05, 0) is 43.4 Å². The fraction of sp³-hybridized carbons (Fsp3) is 0.938. The van der Waals surface area contributed by atoms with Crippen molar-refractivity contribution in [2.75, 3.05) is 6.54 Å². The van der Waals surface area contributed by atoms with Crippen LogP contribution in [0.4, 0.5) is 0 Å². The summed E-state index contributed by atoms with van der Waals surface area (Å²) in [6.07, 6.45) is 4.98. The molecule has 0 aliphatic heterocycles. The fourth-order valence-electron chi connectivity index (χ4n) is 3.72. The van der Waals surface area contributed by atoms with Gasteiger partial charge in [-0.2, -0.15) is 0 Å². The van der Waals surface area contributed by atoms with Crippen LogP contribution in [0.2, 0.25) is 0 Å². The minimum Gasteiger partial charge on any atom is -0.481 e. The van der Waals surface area contributed by atoms with Gasteiger partial charge in [-0.1, -0.05) is 34.6 Å². The largest absolute Gasteiger partial charge is 0.481 e. The Bertz CT molecular complexity index is 308. The van der Waals surface area contributed by atoms with Gasteiger partial charge in [0.05, 0.1) is 5.41 Å². The van der Waals surface area contributed by atoms with E-state index in [9.17, 15) is 9.90 Å². The molecule has 1 fully saturated rings. The smallest absolute Gasteiger partial charge is 0.310 e. The highest BCUT2D eigenvalue weighted by Crippen LogP contribution is 2.39. The number of nitrogens with one attached hydrogen (secondary N) is 1. The van der Waals surface area contributed by atoms with Crippen LogP contribution in [-0.2, 0) is 4.79 Å². The topological polar surface area (TPSA) is 49.3 Å². The zero-order valence-corrected chi connectivity index (χ0v) is 13.3. The van der Waals surface area contributed by atoms with Gasteiger partial charge in [0.15, 0.2) is 0 Å². The maximum Gasteiger partial charge on any atom is 0.310 e. The van der Waals surface area contributed by atoms with Crippen LogP contribution >= 0.6 is 0 Å². The van der Waals surface area contributed by atoms with E-state index in [1.54, 1.807) is 0 Å². The summed E-state index contributed by atoms with van der Waals surface area (Å²) in [7, 11) is 0. The van der Waals surface area contributed by atoms with Gasteiger partial charge in [0.2, 0.25) is 0 Å². The Morgan fingerprint density at radius 1 is 1.32 bits per heavy atom. The second-order valence-corrected chi connectivity index (χ2v) is 7.28. The molecule has 0 spiro atoms. The fourth-order valence-corrected chi connectivity index (χ4v) is 3.72. The van der Waals surface area contributed by atoms with E-state index >= 15 is 0 Å². The van der Waals surface area contributed by atoms with Crippen LogP contribution in [0.3, 0.4) is 0 Å². The van der Waals surface area contributed by atoms with Crippen molar-refractivity contribution in [3.8, 4) is 0 Å². The highest BCUT2D eigenvalue weighted by atomic mass is 16.4. The van der Waals surface area contributed by atoms with Crippen LogP contribution in [0.25, 0.3) is 0 Å². The van der Waals surface area contributed by atoms with E-state index in [1.165, 1.54) is 12.8 Å². The van der Waals surface area contributed by atoms with E-state index in [1.807, 2.05) is 13.8 Å². The summed E-state index contributed by atoms with van der Waals surface area (Å²) < 4.78 is 0. The Morgan fingerprint density at radius 3 is 2.32 bits per heavy atom. The van der Waals surface area contributed by atoms with Crippen molar-refractivity contribution in [3.63, 3.8) is 0 Å². The lowest BCUT2D eigenvalue weighted by Crippen LogP contribution is -2.47. The molecule has 0 aromatic rings. The van der Waals surface area contributed by atoms with Crippen LogP contribution in [0.5, 0.6) is 0 Å². The third kappa shape index (κ3) is 4.20. The molecule has 1 aliphatic carbocycles. The second kappa shape index (κ2) is 6.25. The van der Waals surface area contributed by atoms with Crippen LogP contribution in [-0.4, -0.2) is 23.7 Å². The average Bonchev–Trinajstić information content (AvgIpc) is 2.28. The Hall–Kier alpha value is -0.570. The van der Waals surface area contributed by atoms with Gasteiger partial charge >= 0.3 is 5.97 Å². The van der Waals surface area contributed by atoms with Crippen molar-refractivity contribution in [1.82, 2.24) is 5.32 Å². The normalized spacial score (nSPS) is 27.2. The van der Waals surface area contributed by atoms with Crippen molar-refractivity contribution in [2.45, 2.75) is 72.8 Å². The van der Waals surface area contributed by atoms with Crippen molar-refractivity contribution in [2.24, 2.45) is 16.7 Å². The van der Waals surface area contributed by atoms with Gasteiger partial charge in [-0.15, -0.1) is 0 Å². The number of carbonyl (C=O) groups is 1. The molecular formula is C16H31NO2. The molecule has 0 heterocycles. The Labute approximate surface area is 118 Å². The van der Waals surface area contributed by atoms with E-state index in [4.69, 9.17) is 0 Å². The second-order valence-electron chi connectivity index (χ2n) is 7.28. The number of carboxylic acid groups (broad SMARTS) is 1. The minimum atomic E-state index is -0.659. The molecule has 0 bridgehead atoms. The first kappa shape index (κ1) is 16.5. The van der Waals surface area contributed by atoms with Gasteiger partial charge in [-0.3, -0.25) is 4.79 Å². The zero-order valence-electron chi connectivity index (χ0n) is 13.3. The molecule has 1 rings (SSSR count). The van der Waals surface area contributed by atoms with E-state index in [2.05, 4.69) is 26.1 Å². The van der Waals surface area contributed by atoms with Crippen LogP contribution in [0, 0.1) is 16.7 Å². The predicted molar refractivity (Wildman–Crippen MR) is 79.2 cm³/mol. The average molecular weight is 269 g/mol. The minimum absolute atomic E-state index is 0.375. The number of aliphatic carboxylic acids is 1. The summed E-state index contributed by atoms with van der Waals surface area (Å²) >= 11 is 0. The lowest BCUT2D eigenvalue weighted by atomic mass is 9.70. The van der Waals surface area contributed by atoms with Gasteiger partial charge in [0.25, 0.3) is 0 Å². The van der Waals surface area contributed by atoms with Crippen molar-refractivity contribution in [1.29, 1.82) is 0 Å². The third-order valence-corrected chi connectivity index (χ3v) is 4.92. The lowest BCUT2D eigenvalue weighted by Gasteiger charge is -2.40. The molecule has 0 radical (unpaired) electrons. The predicted octanol–water partition coefficient (Wildman–Crippen LogP) is 3.68. The Kier molecular flexibility index (Phi) is 5.43. The highest BCUT2D eigenvalue weighted by molar-refractivity contribution is 5.74. The van der Waals surface area contributed by atoms with Crippen molar-refractivity contribution in [3.05, 3.63) is 0 Å². The first-order valence-electron chi connectivity index (χ1n) is 7.71. The van der Waals surface area contributed by atoms with Gasteiger partial charge in [0, 0.05) is 12.6 Å². The molecule has 0 saturated heterocycles. The molecule has 2 unspecified atom stereocenters. The molecule has 112 valence electrons. The maximum absolute atomic E-state index is 11.5. The molecule has 3 heteroatoms. The van der Waals surface area contributed by atoms with Crippen LogP contribution in [0.15, 0.2) is 0 Å². The maximum atomic E-state index is 11.5. The molecular weight excluding hydrogens is 238 g/mol. The molecule has 0 amide bonds. The van der Waals surface area contributed by atoms with Gasteiger partial charge in [0.1, 0.15) is 0 Å². The molecule has 3 nitrogen and oxygen atoms in total. The van der Waals surface area contributed by atoms with E-state index in [-0.39, 0.29) is 0 Å². The number of carboxylic acids is 1. The first-order chi connectivity index (χ1) is 8.74. The molecule has 0 aromatic heterocycles. The molecule has 1 saturated carbocycles. The third-order valence-electron chi connectivity index (χ3n) is 4.92. The SMILES string of the molecule is CCC(CC)(CNC1CC(C)CC(C)(C)C1)C(=O)O. The summed E-state index contributed by atoms with van der Waals surface area (Å²) in [6, 6.07) is 0.468. The molecule has 2 atom stereocenters. The molecule has 0 aromatic carbocycles. The van der Waals surface area contributed by atoms with E-state index in [0.717, 1.165) is 12.3 Å². The van der Waals surface area contributed by atoms with E-state index in [0.29, 0.717) is 30.8 Å². The van der Waals surface area contributed by atoms with Gasteiger partial charge < -0.3 is 10.4 Å². The summed E-state index contributed by atoms with van der Waals surface area (Å²) in [4.78, 5) is 11.5. The number of hydrogen-bond acceptors (Lipinski definition) is 2. The lowest BCUT2D eigenvalue weighted by molar-refractivity contribution is -0.149. The summed E-state index contributed by atoms with van der Waals surface area (Å²) in [5, 5.41) is 13.0. The molecule has 1 aliphatic rings. The summed E-state index contributed by atoms with van der Waals surface area (Å²) in [5.74, 6) is 0.0665. The molecule has 19 heavy (non-hydrogen) atoms. The van der Waals surface area contributed by atoms with E-state index < -0.39 is 11.4 Å². The van der Waals surface area contributed by atoms with Crippen LogP contribution in [0.1, 0.15) is 66.7 Å². The summed E-state index contributed by atoms with van der Waals surface area (Å²) in [6.45, 7) is 11.5. The monoisotopic (exact) mass is 269 g/mol. The van der Waals surface area contributed by atoms with Crippen molar-refractivity contribution < 1.29 is 9.90 Å². The van der Waals surface area contributed by atoms with Crippen LogP contribution < -0.4 is 5.32 Å². The number of hydrogen-bond donors (Lipinski definition) is 2. The first-order valence-corrected chi connectivity index (χ1v) is 7.71. The van der Waals surface area contributed by atoms with Gasteiger partial charge in [-0.25, -0.2) is 0 Å². The number of rotatable bonds is 6. The standard InChI is InChI=1S/C16H31NO2/c1-6-16(7-2,14(18)19)11-17-13-8-12(3)9-15(4,5)10-13/h12-13,17H,6-11H2,1-5H3,(H,18,19). The Balaban J connectivity index is 2.62. The quantitative estimate of drug-likeness (QED) is 0.773. The Morgan fingerprint density at radius 2 is 1.89 bits per heavy atom. The van der Waals surface area contributed by atoms with Crippen molar-refractivity contribution >= 4 is 5.97 Å². The summed E-state index contributed by atoms with van der Waals surface area (Å²) in [5.41, 5.74) is -0.218. The zero-order chi connectivity index (χ0) is 14.7.